The molecule has 0 aliphatic heterocycles. The monoisotopic (exact) mass is 432 g/mol. The third-order valence-electron chi connectivity index (χ3n) is 5.98. The van der Waals surface area contributed by atoms with Gasteiger partial charge in [0.2, 0.25) is 0 Å². The van der Waals surface area contributed by atoms with Gasteiger partial charge in [-0.2, -0.15) is 0 Å². The number of aromatic hydroxyl groups is 3. The van der Waals surface area contributed by atoms with Crippen molar-refractivity contribution in [3.8, 4) is 17.2 Å². The summed E-state index contributed by atoms with van der Waals surface area (Å²) in [6.07, 6.45) is 8.22. The van der Waals surface area contributed by atoms with Crippen LogP contribution in [0.15, 0.2) is 30.3 Å². The van der Waals surface area contributed by atoms with E-state index in [0.29, 0.717) is 11.1 Å². The van der Waals surface area contributed by atoms with Crippen molar-refractivity contribution in [3.05, 3.63) is 52.0 Å². The lowest BCUT2D eigenvalue weighted by Crippen LogP contribution is -2.49. The Labute approximate surface area is 184 Å². The van der Waals surface area contributed by atoms with Crippen molar-refractivity contribution in [3.63, 3.8) is 0 Å². The van der Waals surface area contributed by atoms with Crippen molar-refractivity contribution in [2.75, 3.05) is 13.1 Å². The topological polar surface area (TPSA) is 76.0 Å². The third-order valence-corrected chi connectivity index (χ3v) is 6.28. The molecule has 1 atom stereocenters. The van der Waals surface area contributed by atoms with Gasteiger partial charge in [-0.15, -0.1) is 0 Å². The van der Waals surface area contributed by atoms with E-state index in [9.17, 15) is 15.3 Å². The zero-order valence-corrected chi connectivity index (χ0v) is 18.5. The van der Waals surface area contributed by atoms with Gasteiger partial charge in [-0.05, 0) is 61.4 Å². The van der Waals surface area contributed by atoms with Crippen LogP contribution in [0.2, 0.25) is 5.02 Å². The van der Waals surface area contributed by atoms with Gasteiger partial charge >= 0.3 is 0 Å². The number of nitrogens with one attached hydrogen (secondary N) is 1. The minimum Gasteiger partial charge on any atom is -0.506 e. The second kappa shape index (κ2) is 10.9. The number of unbranched alkanes of at least 4 members (excludes halogenated alkanes) is 3. The van der Waals surface area contributed by atoms with E-state index < -0.39 is 0 Å². The number of rotatable bonds is 10. The number of phenolic OH excluding ortho intramolecular Hbond substituents is 3. The molecule has 0 saturated carbocycles. The first-order valence-electron chi connectivity index (χ1n) is 11.0. The number of halogens is 1. The average molecular weight is 433 g/mol. The molecule has 1 unspecified atom stereocenters. The molecule has 2 aromatic rings. The second-order valence-electron chi connectivity index (χ2n) is 8.17. The highest BCUT2D eigenvalue weighted by Crippen LogP contribution is 2.36. The van der Waals surface area contributed by atoms with Gasteiger partial charge in [0.1, 0.15) is 5.75 Å². The first-order valence-corrected chi connectivity index (χ1v) is 11.4. The smallest absolute Gasteiger partial charge is 0.160 e. The maximum absolute atomic E-state index is 10.2. The molecular formula is C24H33ClN2O3. The van der Waals surface area contributed by atoms with Gasteiger partial charge in [0.05, 0.1) is 5.02 Å². The molecule has 0 spiro atoms. The molecule has 4 N–H and O–H groups in total. The van der Waals surface area contributed by atoms with Crippen molar-refractivity contribution < 1.29 is 15.3 Å². The van der Waals surface area contributed by atoms with Gasteiger partial charge in [0, 0.05) is 24.7 Å². The molecule has 1 aliphatic rings. The van der Waals surface area contributed by atoms with E-state index in [0.717, 1.165) is 61.9 Å². The minimum atomic E-state index is -0.0331. The van der Waals surface area contributed by atoms with Crippen LogP contribution in [-0.4, -0.2) is 39.5 Å². The van der Waals surface area contributed by atoms with Crippen LogP contribution in [0.3, 0.4) is 0 Å². The standard InChI is InChI=1S/C24H33ClN2O3/c1-2-3-4-5-14-27(26-13-12-17-6-10-22(28)21(25)15-17)19-8-9-20-18(16-19)7-11-23(29)24(20)30/h6-7,10-11,15,19,26,28-30H,2-5,8-9,12-14,16H2,1H3. The molecule has 0 amide bonds. The number of hydrogen-bond acceptors (Lipinski definition) is 5. The molecule has 164 valence electrons. The fourth-order valence-electron chi connectivity index (χ4n) is 4.22. The SMILES string of the molecule is CCCCCCN(NCCc1ccc(O)c(Cl)c1)C1CCc2c(ccc(O)c2O)C1. The van der Waals surface area contributed by atoms with Gasteiger partial charge in [-0.25, -0.2) is 5.01 Å². The lowest BCUT2D eigenvalue weighted by molar-refractivity contribution is 0.109. The van der Waals surface area contributed by atoms with Crippen LogP contribution in [0, 0.1) is 0 Å². The predicted octanol–water partition coefficient (Wildman–Crippen LogP) is 4.94. The van der Waals surface area contributed by atoms with E-state index in [1.54, 1.807) is 12.1 Å². The van der Waals surface area contributed by atoms with Crippen molar-refractivity contribution in [1.29, 1.82) is 0 Å². The van der Waals surface area contributed by atoms with Crippen LogP contribution < -0.4 is 5.43 Å². The summed E-state index contributed by atoms with van der Waals surface area (Å²) in [5, 5.41) is 32.3. The highest BCUT2D eigenvalue weighted by Gasteiger charge is 2.26. The van der Waals surface area contributed by atoms with E-state index in [1.807, 2.05) is 18.2 Å². The molecule has 0 aromatic heterocycles. The maximum atomic E-state index is 10.2. The van der Waals surface area contributed by atoms with Crippen molar-refractivity contribution in [2.45, 2.75) is 64.3 Å². The molecule has 5 nitrogen and oxygen atoms in total. The van der Waals surface area contributed by atoms with Crippen LogP contribution in [0.25, 0.3) is 0 Å². The molecule has 0 bridgehead atoms. The Balaban J connectivity index is 1.62. The fourth-order valence-corrected chi connectivity index (χ4v) is 4.42. The van der Waals surface area contributed by atoms with Crippen LogP contribution in [0.4, 0.5) is 0 Å². The summed E-state index contributed by atoms with van der Waals surface area (Å²) in [7, 11) is 0. The molecule has 6 heteroatoms. The molecule has 1 aliphatic carbocycles. The Hall–Kier alpha value is -1.95. The molecule has 0 saturated heterocycles. The predicted molar refractivity (Wildman–Crippen MR) is 121 cm³/mol. The van der Waals surface area contributed by atoms with Gasteiger partial charge in [-0.1, -0.05) is 49.9 Å². The Morgan fingerprint density at radius 3 is 2.63 bits per heavy atom. The van der Waals surface area contributed by atoms with Crippen LogP contribution >= 0.6 is 11.6 Å². The molecule has 0 radical (unpaired) electrons. The first kappa shape index (κ1) is 22.7. The summed E-state index contributed by atoms with van der Waals surface area (Å²) in [6, 6.07) is 9.23. The molecule has 3 rings (SSSR count). The number of nitrogens with zero attached hydrogens (tertiary/aromatic N) is 1. The van der Waals surface area contributed by atoms with E-state index in [2.05, 4.69) is 17.4 Å². The Morgan fingerprint density at radius 2 is 1.87 bits per heavy atom. The van der Waals surface area contributed by atoms with Gasteiger partial charge in [0.25, 0.3) is 0 Å². The second-order valence-corrected chi connectivity index (χ2v) is 8.57. The molecule has 0 fully saturated rings. The van der Waals surface area contributed by atoms with Gasteiger partial charge in [-0.3, -0.25) is 5.43 Å². The Kier molecular flexibility index (Phi) is 8.25. The molecular weight excluding hydrogens is 400 g/mol. The zero-order chi connectivity index (χ0) is 21.5. The van der Waals surface area contributed by atoms with E-state index in [4.69, 9.17) is 11.6 Å². The summed E-state index contributed by atoms with van der Waals surface area (Å²) >= 11 is 6.03. The largest absolute Gasteiger partial charge is 0.506 e. The Bertz CT molecular complexity index is 843. The number of hydrogen-bond donors (Lipinski definition) is 4. The number of phenols is 3. The van der Waals surface area contributed by atoms with Crippen molar-refractivity contribution in [1.82, 2.24) is 10.4 Å². The van der Waals surface area contributed by atoms with E-state index in [1.165, 1.54) is 19.3 Å². The fraction of sp³-hybridized carbons (Fsp3) is 0.500. The van der Waals surface area contributed by atoms with Crippen LogP contribution in [0.5, 0.6) is 17.2 Å². The molecule has 2 aromatic carbocycles. The lowest BCUT2D eigenvalue weighted by atomic mass is 9.87. The average Bonchev–Trinajstić information content (AvgIpc) is 2.75. The number of fused-ring (bicyclic) bond motifs is 1. The quantitative estimate of drug-likeness (QED) is 0.243. The van der Waals surface area contributed by atoms with Crippen molar-refractivity contribution >= 4 is 11.6 Å². The molecule has 0 heterocycles. The summed E-state index contributed by atoms with van der Waals surface area (Å²) in [5.74, 6) is 0.119. The van der Waals surface area contributed by atoms with Crippen molar-refractivity contribution in [2.24, 2.45) is 0 Å². The zero-order valence-electron chi connectivity index (χ0n) is 17.7. The number of benzene rings is 2. The van der Waals surface area contributed by atoms with E-state index >= 15 is 0 Å². The third kappa shape index (κ3) is 5.81. The Morgan fingerprint density at radius 1 is 1.07 bits per heavy atom. The normalized spacial score (nSPS) is 16.0. The van der Waals surface area contributed by atoms with Gasteiger partial charge < -0.3 is 15.3 Å². The summed E-state index contributed by atoms with van der Waals surface area (Å²) < 4.78 is 0. The van der Waals surface area contributed by atoms with E-state index in [-0.39, 0.29) is 17.2 Å². The highest BCUT2D eigenvalue weighted by molar-refractivity contribution is 6.32. The minimum absolute atomic E-state index is 0.0331. The lowest BCUT2D eigenvalue weighted by Gasteiger charge is -2.36. The van der Waals surface area contributed by atoms with Gasteiger partial charge in [0.15, 0.2) is 11.5 Å². The molecule has 30 heavy (non-hydrogen) atoms. The highest BCUT2D eigenvalue weighted by atomic mass is 35.5. The maximum Gasteiger partial charge on any atom is 0.160 e. The van der Waals surface area contributed by atoms with Crippen LogP contribution in [0.1, 0.15) is 55.7 Å². The number of hydrazine groups is 1. The summed E-state index contributed by atoms with van der Waals surface area (Å²) in [4.78, 5) is 0. The summed E-state index contributed by atoms with van der Waals surface area (Å²) in [5.41, 5.74) is 6.71. The van der Waals surface area contributed by atoms with Crippen LogP contribution in [-0.2, 0) is 19.3 Å². The summed E-state index contributed by atoms with van der Waals surface area (Å²) in [6.45, 7) is 4.00. The first-order chi connectivity index (χ1) is 14.5.